The molecule has 3 N–H and O–H groups in total. The van der Waals surface area contributed by atoms with E-state index in [-0.39, 0.29) is 18.4 Å². The molecule has 17 heavy (non-hydrogen) atoms. The summed E-state index contributed by atoms with van der Waals surface area (Å²) in [6, 6.07) is -0.508. The standard InChI is InChI=1S/C12H22N2O3/c1-4-9(13)10(15)14-6-5-12(7-14,8(2)3)11(16)17/h8-9H,4-7,13H2,1-3H3,(H,16,17)/t9-,12?/m0/s1. The molecule has 0 saturated carbocycles. The van der Waals surface area contributed by atoms with Crippen LogP contribution < -0.4 is 5.73 Å². The third-order valence-electron chi connectivity index (χ3n) is 3.90. The van der Waals surface area contributed by atoms with E-state index in [9.17, 15) is 14.7 Å². The minimum Gasteiger partial charge on any atom is -0.481 e. The van der Waals surface area contributed by atoms with Crippen molar-refractivity contribution in [3.63, 3.8) is 0 Å². The monoisotopic (exact) mass is 242 g/mol. The fraction of sp³-hybridized carbons (Fsp3) is 0.833. The highest BCUT2D eigenvalue weighted by atomic mass is 16.4. The number of nitrogens with two attached hydrogens (primary N) is 1. The number of hydrogen-bond acceptors (Lipinski definition) is 3. The fourth-order valence-electron chi connectivity index (χ4n) is 2.32. The zero-order valence-corrected chi connectivity index (χ0v) is 10.8. The van der Waals surface area contributed by atoms with E-state index in [1.165, 1.54) is 0 Å². The topological polar surface area (TPSA) is 83.6 Å². The lowest BCUT2D eigenvalue weighted by molar-refractivity contribution is -0.151. The molecule has 0 bridgehead atoms. The second-order valence-electron chi connectivity index (χ2n) is 5.14. The van der Waals surface area contributed by atoms with Crippen LogP contribution in [0.15, 0.2) is 0 Å². The average molecular weight is 242 g/mol. The van der Waals surface area contributed by atoms with Crippen LogP contribution in [-0.4, -0.2) is 41.0 Å². The molecule has 1 fully saturated rings. The van der Waals surface area contributed by atoms with Crippen molar-refractivity contribution >= 4 is 11.9 Å². The van der Waals surface area contributed by atoms with Crippen LogP contribution in [0.2, 0.25) is 0 Å². The first-order valence-electron chi connectivity index (χ1n) is 6.13. The van der Waals surface area contributed by atoms with Gasteiger partial charge in [-0.05, 0) is 18.8 Å². The number of likely N-dealkylation sites (tertiary alicyclic amines) is 1. The summed E-state index contributed by atoms with van der Waals surface area (Å²) < 4.78 is 0. The predicted octanol–water partition coefficient (Wildman–Crippen LogP) is 0.683. The first-order valence-corrected chi connectivity index (χ1v) is 6.13. The molecule has 1 unspecified atom stereocenters. The van der Waals surface area contributed by atoms with Gasteiger partial charge in [0.1, 0.15) is 0 Å². The summed E-state index contributed by atoms with van der Waals surface area (Å²) in [6.45, 7) is 6.42. The van der Waals surface area contributed by atoms with Crippen molar-refractivity contribution in [2.24, 2.45) is 17.1 Å². The highest BCUT2D eigenvalue weighted by Crippen LogP contribution is 2.38. The van der Waals surface area contributed by atoms with E-state index in [4.69, 9.17) is 5.73 Å². The van der Waals surface area contributed by atoms with Crippen molar-refractivity contribution in [2.75, 3.05) is 13.1 Å². The van der Waals surface area contributed by atoms with Crippen molar-refractivity contribution in [1.82, 2.24) is 4.90 Å². The van der Waals surface area contributed by atoms with Gasteiger partial charge in [-0.2, -0.15) is 0 Å². The Morgan fingerprint density at radius 1 is 1.47 bits per heavy atom. The third kappa shape index (κ3) is 2.44. The quantitative estimate of drug-likeness (QED) is 0.759. The molecule has 1 aliphatic rings. The highest BCUT2D eigenvalue weighted by Gasteiger charge is 2.48. The van der Waals surface area contributed by atoms with Gasteiger partial charge < -0.3 is 15.7 Å². The van der Waals surface area contributed by atoms with E-state index >= 15 is 0 Å². The Balaban J connectivity index is 2.80. The SMILES string of the molecule is CC[C@H](N)C(=O)N1CCC(C(=O)O)(C(C)C)C1. The summed E-state index contributed by atoms with van der Waals surface area (Å²) in [5, 5.41) is 9.36. The van der Waals surface area contributed by atoms with Gasteiger partial charge in [0.15, 0.2) is 0 Å². The number of rotatable bonds is 4. The molecule has 0 radical (unpaired) electrons. The van der Waals surface area contributed by atoms with E-state index in [0.29, 0.717) is 19.4 Å². The maximum Gasteiger partial charge on any atom is 0.311 e. The summed E-state index contributed by atoms with van der Waals surface area (Å²) in [5.41, 5.74) is 4.90. The Morgan fingerprint density at radius 3 is 2.41 bits per heavy atom. The number of aliphatic carboxylic acids is 1. The molecule has 1 aliphatic heterocycles. The van der Waals surface area contributed by atoms with Crippen molar-refractivity contribution in [3.8, 4) is 0 Å². The van der Waals surface area contributed by atoms with Crippen LogP contribution in [-0.2, 0) is 9.59 Å². The second kappa shape index (κ2) is 5.04. The van der Waals surface area contributed by atoms with Crippen LogP contribution in [0.1, 0.15) is 33.6 Å². The lowest BCUT2D eigenvalue weighted by Gasteiger charge is -2.29. The summed E-state index contributed by atoms with van der Waals surface area (Å²) >= 11 is 0. The third-order valence-corrected chi connectivity index (χ3v) is 3.90. The molecule has 0 aromatic rings. The summed E-state index contributed by atoms with van der Waals surface area (Å²) in [5.74, 6) is -0.931. The van der Waals surface area contributed by atoms with Gasteiger partial charge in [0.25, 0.3) is 0 Å². The van der Waals surface area contributed by atoms with E-state index in [1.54, 1.807) is 4.90 Å². The number of nitrogens with zero attached hydrogens (tertiary/aromatic N) is 1. The summed E-state index contributed by atoms with van der Waals surface area (Å²) in [6.07, 6.45) is 1.10. The van der Waals surface area contributed by atoms with Crippen LogP contribution in [0, 0.1) is 11.3 Å². The lowest BCUT2D eigenvalue weighted by Crippen LogP contribution is -2.45. The van der Waals surface area contributed by atoms with Gasteiger partial charge in [0.05, 0.1) is 11.5 Å². The Hall–Kier alpha value is -1.10. The van der Waals surface area contributed by atoms with Crippen molar-refractivity contribution < 1.29 is 14.7 Å². The van der Waals surface area contributed by atoms with Crippen LogP contribution in [0.4, 0.5) is 0 Å². The smallest absolute Gasteiger partial charge is 0.311 e. The van der Waals surface area contributed by atoms with Crippen molar-refractivity contribution in [1.29, 1.82) is 0 Å². The number of hydrogen-bond donors (Lipinski definition) is 2. The molecular formula is C12H22N2O3. The number of amides is 1. The van der Waals surface area contributed by atoms with Crippen LogP contribution in [0.25, 0.3) is 0 Å². The molecule has 0 aromatic heterocycles. The maximum absolute atomic E-state index is 11.9. The average Bonchev–Trinajstić information content (AvgIpc) is 2.73. The molecular weight excluding hydrogens is 220 g/mol. The zero-order valence-electron chi connectivity index (χ0n) is 10.8. The fourth-order valence-corrected chi connectivity index (χ4v) is 2.32. The Labute approximate surface area is 102 Å². The van der Waals surface area contributed by atoms with Gasteiger partial charge in [0.2, 0.25) is 5.91 Å². The normalized spacial score (nSPS) is 26.3. The molecule has 1 rings (SSSR count). The van der Waals surface area contributed by atoms with Crippen LogP contribution in [0.5, 0.6) is 0 Å². The highest BCUT2D eigenvalue weighted by molar-refractivity contribution is 5.84. The number of carboxylic acid groups (broad SMARTS) is 1. The molecule has 1 saturated heterocycles. The number of carboxylic acids is 1. The van der Waals surface area contributed by atoms with Crippen molar-refractivity contribution in [3.05, 3.63) is 0 Å². The molecule has 0 aromatic carbocycles. The van der Waals surface area contributed by atoms with E-state index in [2.05, 4.69) is 0 Å². The Kier molecular flexibility index (Phi) is 4.14. The van der Waals surface area contributed by atoms with Crippen LogP contribution >= 0.6 is 0 Å². The predicted molar refractivity (Wildman–Crippen MR) is 64.4 cm³/mol. The number of carbonyl (C=O) groups is 2. The second-order valence-corrected chi connectivity index (χ2v) is 5.14. The number of carbonyl (C=O) groups excluding carboxylic acids is 1. The molecule has 2 atom stereocenters. The van der Waals surface area contributed by atoms with E-state index in [1.807, 2.05) is 20.8 Å². The van der Waals surface area contributed by atoms with Gasteiger partial charge in [0, 0.05) is 13.1 Å². The molecule has 0 aliphatic carbocycles. The van der Waals surface area contributed by atoms with Gasteiger partial charge >= 0.3 is 5.97 Å². The lowest BCUT2D eigenvalue weighted by atomic mass is 9.76. The van der Waals surface area contributed by atoms with Crippen LogP contribution in [0.3, 0.4) is 0 Å². The minimum atomic E-state index is -0.812. The van der Waals surface area contributed by atoms with Gasteiger partial charge in [-0.1, -0.05) is 20.8 Å². The zero-order chi connectivity index (χ0) is 13.2. The molecule has 1 heterocycles. The van der Waals surface area contributed by atoms with E-state index < -0.39 is 17.4 Å². The first-order chi connectivity index (χ1) is 7.85. The Morgan fingerprint density at radius 2 is 2.06 bits per heavy atom. The molecule has 1 amide bonds. The summed E-state index contributed by atoms with van der Waals surface area (Å²) in [4.78, 5) is 24.9. The molecule has 5 heteroatoms. The van der Waals surface area contributed by atoms with Gasteiger partial charge in [-0.25, -0.2) is 0 Å². The van der Waals surface area contributed by atoms with Gasteiger partial charge in [-0.3, -0.25) is 9.59 Å². The molecule has 0 spiro atoms. The van der Waals surface area contributed by atoms with Gasteiger partial charge in [-0.15, -0.1) is 0 Å². The van der Waals surface area contributed by atoms with E-state index in [0.717, 1.165) is 0 Å². The van der Waals surface area contributed by atoms with Crippen molar-refractivity contribution in [2.45, 2.75) is 39.7 Å². The first kappa shape index (κ1) is 14.0. The minimum absolute atomic E-state index is 0.00986. The Bertz CT molecular complexity index is 317. The molecule has 5 nitrogen and oxygen atoms in total. The molecule has 98 valence electrons. The largest absolute Gasteiger partial charge is 0.481 e. The summed E-state index contributed by atoms with van der Waals surface area (Å²) in [7, 11) is 0. The maximum atomic E-state index is 11.9.